The minimum absolute atomic E-state index is 0. The van der Waals surface area contributed by atoms with Crippen LogP contribution >= 0.6 is 0 Å². The van der Waals surface area contributed by atoms with Gasteiger partial charge in [0.25, 0.3) is 0 Å². The number of rotatable bonds is 0. The summed E-state index contributed by atoms with van der Waals surface area (Å²) in [5.74, 6) is 0. The summed E-state index contributed by atoms with van der Waals surface area (Å²) in [6.45, 7) is 0. The summed E-state index contributed by atoms with van der Waals surface area (Å²) in [5.41, 5.74) is 0. The molecule has 0 fully saturated rings. The van der Waals surface area contributed by atoms with E-state index in [9.17, 15) is 0 Å². The van der Waals surface area contributed by atoms with Gasteiger partial charge in [-0.1, -0.05) is 0 Å². The van der Waals surface area contributed by atoms with E-state index >= 15 is 0 Å². The van der Waals surface area contributed by atoms with E-state index in [-0.39, 0.29) is 46.6 Å². The van der Waals surface area contributed by atoms with Crippen molar-refractivity contribution in [3.8, 4) is 0 Å². The van der Waals surface area contributed by atoms with Crippen molar-refractivity contribution in [3.05, 3.63) is 0 Å². The van der Waals surface area contributed by atoms with E-state index in [4.69, 9.17) is 30.8 Å². The molecule has 0 aromatic rings. The van der Waals surface area contributed by atoms with Gasteiger partial charge in [0.2, 0.25) is 0 Å². The molecule has 0 unspecified atom stereocenters. The molecule has 0 aliphatic carbocycles. The topological polar surface area (TPSA) is 143 Å². The standard InChI is InChI=1S/Fe.Na.H2O4S.H2O3S2/c;;2*1-5(2,3)4/h;;2*(H2,1,2,3,4)/q+3;+1;;/p-4. The van der Waals surface area contributed by atoms with Crippen LogP contribution in [0, 0.1) is 0 Å². The molecule has 0 aliphatic rings. The first-order chi connectivity index (χ1) is 4.00. The van der Waals surface area contributed by atoms with Gasteiger partial charge in [-0.3, -0.25) is 12.6 Å². The minimum atomic E-state index is -5.17. The molecule has 0 heterocycles. The van der Waals surface area contributed by atoms with Crippen LogP contribution in [0.25, 0.3) is 0 Å². The van der Waals surface area contributed by atoms with Crippen LogP contribution in [0.3, 0.4) is 0 Å². The number of hydrogen-bond acceptors (Lipinski definition) is 8. The van der Waals surface area contributed by atoms with Gasteiger partial charge >= 0.3 is 46.6 Å². The molecule has 1 radical (unpaired) electrons. The van der Waals surface area contributed by atoms with Crippen LogP contribution in [-0.4, -0.2) is 30.8 Å². The Bertz CT molecular complexity index is 215. The maximum absolute atomic E-state index is 8.89. The van der Waals surface area contributed by atoms with Crippen LogP contribution in [0.1, 0.15) is 0 Å². The first-order valence-electron chi connectivity index (χ1n) is 1.33. The fraction of sp³-hybridized carbons (Fsp3) is 0. The molecule has 7 nitrogen and oxygen atoms in total. The van der Waals surface area contributed by atoms with Gasteiger partial charge in [-0.25, -0.2) is 0 Å². The smallest absolute Gasteiger partial charge is 0.780 e. The van der Waals surface area contributed by atoms with Crippen LogP contribution in [0.4, 0.5) is 0 Å². The Morgan fingerprint density at radius 2 is 0.917 bits per heavy atom. The molecular weight excluding hydrogens is 287 g/mol. The summed E-state index contributed by atoms with van der Waals surface area (Å²) >= 11 is 3.24. The summed E-state index contributed by atoms with van der Waals surface area (Å²) < 4.78 is 60.8. The van der Waals surface area contributed by atoms with Crippen molar-refractivity contribution in [2.24, 2.45) is 0 Å². The van der Waals surface area contributed by atoms with Gasteiger partial charge < -0.3 is 18.2 Å². The van der Waals surface area contributed by atoms with E-state index in [1.54, 1.807) is 0 Å². The predicted octanol–water partition coefficient (Wildman–Crippen LogP) is -5.34. The maximum atomic E-state index is 8.89. The maximum Gasteiger partial charge on any atom is 3.00 e. The van der Waals surface area contributed by atoms with E-state index in [1.807, 2.05) is 0 Å². The molecule has 12 heavy (non-hydrogen) atoms. The first-order valence-corrected chi connectivity index (χ1v) is 5.00. The normalized spacial score (nSPS) is 9.67. The summed E-state index contributed by atoms with van der Waals surface area (Å²) in [4.78, 5) is 0. The first kappa shape index (κ1) is 23.5. The average Bonchev–Trinajstić information content (AvgIpc) is 1.12. The van der Waals surface area contributed by atoms with Crippen LogP contribution in [0.2, 0.25) is 0 Å². The van der Waals surface area contributed by atoms with Gasteiger partial charge in [-0.05, 0) is 11.2 Å². The minimum Gasteiger partial charge on any atom is -0.780 e. The molecule has 69 valence electrons. The van der Waals surface area contributed by atoms with Crippen LogP contribution in [-0.2, 0) is 47.7 Å². The molecule has 0 bridgehead atoms. The zero-order valence-electron chi connectivity index (χ0n) is 5.44. The van der Waals surface area contributed by atoms with Gasteiger partial charge in [0.15, 0.2) is 0 Å². The molecule has 0 saturated carbocycles. The van der Waals surface area contributed by atoms with Gasteiger partial charge in [0.1, 0.15) is 0 Å². The van der Waals surface area contributed by atoms with Crippen LogP contribution in [0.15, 0.2) is 0 Å². The van der Waals surface area contributed by atoms with Crippen molar-refractivity contribution in [2.45, 2.75) is 0 Å². The Balaban J connectivity index is -0.0000000457. The quantitative estimate of drug-likeness (QED) is 0.244. The van der Waals surface area contributed by atoms with E-state index in [0.717, 1.165) is 0 Å². The van der Waals surface area contributed by atoms with E-state index in [2.05, 4.69) is 11.2 Å². The van der Waals surface area contributed by atoms with Crippen LogP contribution < -0.4 is 29.6 Å². The molecule has 0 amide bonds. The Kier molecular flexibility index (Phi) is 18.1. The van der Waals surface area contributed by atoms with Crippen molar-refractivity contribution < 1.29 is 77.5 Å². The Labute approximate surface area is 107 Å². The molecule has 0 N–H and O–H groups in total. The fourth-order valence-corrected chi connectivity index (χ4v) is 0. The fourth-order valence-electron chi connectivity index (χ4n) is 0. The van der Waals surface area contributed by atoms with Gasteiger partial charge in [-0.2, -0.15) is 0 Å². The second kappa shape index (κ2) is 9.24. The summed E-state index contributed by atoms with van der Waals surface area (Å²) in [6, 6.07) is 0. The van der Waals surface area contributed by atoms with Crippen molar-refractivity contribution in [3.63, 3.8) is 0 Å². The van der Waals surface area contributed by atoms with E-state index in [1.165, 1.54) is 0 Å². The van der Waals surface area contributed by atoms with E-state index < -0.39 is 19.5 Å². The Morgan fingerprint density at radius 1 is 0.917 bits per heavy atom. The second-order valence-corrected chi connectivity index (χ2v) is 3.67. The van der Waals surface area contributed by atoms with Gasteiger partial charge in [0.05, 0.1) is 0 Å². The van der Waals surface area contributed by atoms with E-state index in [0.29, 0.717) is 0 Å². The second-order valence-electron chi connectivity index (χ2n) is 0.816. The Hall–Kier alpha value is 1.68. The zero-order chi connectivity index (χ0) is 9.00. The third kappa shape index (κ3) is 472. The van der Waals surface area contributed by atoms with Gasteiger partial charge in [-0.15, -0.1) is 9.05 Å². The molecule has 0 spiro atoms. The van der Waals surface area contributed by atoms with Crippen molar-refractivity contribution in [1.29, 1.82) is 0 Å². The molecule has 12 heteroatoms. The van der Waals surface area contributed by atoms with Crippen molar-refractivity contribution in [1.82, 2.24) is 0 Å². The molecular formula is FeNaO7S3. The Morgan fingerprint density at radius 3 is 0.917 bits per heavy atom. The summed E-state index contributed by atoms with van der Waals surface area (Å²) in [6.07, 6.45) is 0. The summed E-state index contributed by atoms with van der Waals surface area (Å²) in [7, 11) is -9.50. The van der Waals surface area contributed by atoms with Gasteiger partial charge in [0, 0.05) is 10.4 Å². The van der Waals surface area contributed by atoms with Crippen molar-refractivity contribution in [2.75, 3.05) is 0 Å². The molecule has 0 aliphatic heterocycles. The molecule has 0 aromatic carbocycles. The van der Waals surface area contributed by atoms with Crippen LogP contribution in [0.5, 0.6) is 0 Å². The molecule has 0 rings (SSSR count). The third-order valence-electron chi connectivity index (χ3n) is 0. The average molecular weight is 287 g/mol. The zero-order valence-corrected chi connectivity index (χ0v) is 11.0. The third-order valence-corrected chi connectivity index (χ3v) is 0. The SMILES string of the molecule is O=S(=O)([O-])[O-].O=S([O-])([O-])=S.[Fe+3].[Na+]. The predicted molar refractivity (Wildman–Crippen MR) is 27.5 cm³/mol. The largest absolute Gasteiger partial charge is 3.00 e. The molecule has 0 aromatic heterocycles. The molecule has 0 saturated heterocycles. The number of hydrogen-bond donors (Lipinski definition) is 0. The monoisotopic (exact) mass is 287 g/mol. The summed E-state index contributed by atoms with van der Waals surface area (Å²) in [5, 5.41) is 0. The van der Waals surface area contributed by atoms with Crippen molar-refractivity contribution >= 4 is 30.6 Å². The molecule has 0 atom stereocenters.